The minimum Gasteiger partial charge on any atom is -0.330 e. The van der Waals surface area contributed by atoms with Crippen LogP contribution < -0.4 is 5.73 Å². The van der Waals surface area contributed by atoms with E-state index in [2.05, 4.69) is 36.2 Å². The van der Waals surface area contributed by atoms with Gasteiger partial charge in [-0.15, -0.1) is 11.3 Å². The Morgan fingerprint density at radius 3 is 2.76 bits per heavy atom. The van der Waals surface area contributed by atoms with Gasteiger partial charge in [0.2, 0.25) is 0 Å². The van der Waals surface area contributed by atoms with E-state index >= 15 is 0 Å². The molecule has 0 atom stereocenters. The maximum Gasteiger partial charge on any atom is 0.0795 e. The molecule has 0 fully saturated rings. The van der Waals surface area contributed by atoms with Crippen LogP contribution in [0.4, 0.5) is 0 Å². The molecule has 0 saturated carbocycles. The van der Waals surface area contributed by atoms with E-state index in [-0.39, 0.29) is 0 Å². The summed E-state index contributed by atoms with van der Waals surface area (Å²) in [5.41, 5.74) is 9.08. The smallest absolute Gasteiger partial charge is 0.0795 e. The fraction of sp³-hybridized carbons (Fsp3) is 0.769. The van der Waals surface area contributed by atoms with Gasteiger partial charge in [0.15, 0.2) is 0 Å². The molecule has 0 aliphatic carbocycles. The van der Waals surface area contributed by atoms with Gasteiger partial charge in [0.1, 0.15) is 0 Å². The van der Waals surface area contributed by atoms with Crippen LogP contribution in [0.15, 0.2) is 10.9 Å². The van der Waals surface area contributed by atoms with E-state index in [1.165, 1.54) is 18.5 Å². The van der Waals surface area contributed by atoms with Crippen molar-refractivity contribution in [3.8, 4) is 0 Å². The van der Waals surface area contributed by atoms with E-state index < -0.39 is 0 Å². The Bertz CT molecular complexity index is 296. The van der Waals surface area contributed by atoms with Crippen LogP contribution in [-0.4, -0.2) is 30.0 Å². The normalized spacial score (nSPS) is 12.3. The van der Waals surface area contributed by atoms with Gasteiger partial charge in [-0.3, -0.25) is 0 Å². The molecule has 0 aliphatic rings. The van der Waals surface area contributed by atoms with Gasteiger partial charge in [0.05, 0.1) is 11.2 Å². The highest BCUT2D eigenvalue weighted by molar-refractivity contribution is 7.07. The van der Waals surface area contributed by atoms with Gasteiger partial charge in [-0.25, -0.2) is 4.98 Å². The average Bonchev–Trinajstić information content (AvgIpc) is 2.69. The first-order valence-electron chi connectivity index (χ1n) is 6.29. The summed E-state index contributed by atoms with van der Waals surface area (Å²) in [4.78, 5) is 6.64. The van der Waals surface area contributed by atoms with Crippen LogP contribution in [-0.2, 0) is 6.54 Å². The van der Waals surface area contributed by atoms with E-state index in [1.54, 1.807) is 11.3 Å². The summed E-state index contributed by atoms with van der Waals surface area (Å²) >= 11 is 1.66. The highest BCUT2D eigenvalue weighted by atomic mass is 32.1. The number of nitrogens with zero attached hydrogens (tertiary/aromatic N) is 2. The third-order valence-electron chi connectivity index (χ3n) is 3.13. The molecule has 4 heteroatoms. The molecule has 1 aromatic heterocycles. The molecule has 0 unspecified atom stereocenters. The second-order valence-corrected chi connectivity index (χ2v) is 6.24. The second kappa shape index (κ2) is 7.09. The number of thiazole rings is 1. The number of nitrogens with two attached hydrogens (primary N) is 1. The molecule has 0 bridgehead atoms. The molecule has 0 aliphatic heterocycles. The predicted molar refractivity (Wildman–Crippen MR) is 75.1 cm³/mol. The third kappa shape index (κ3) is 6.15. The van der Waals surface area contributed by atoms with Crippen molar-refractivity contribution < 1.29 is 0 Å². The predicted octanol–water partition coefficient (Wildman–Crippen LogP) is 2.73. The molecule has 0 saturated heterocycles. The minimum absolute atomic E-state index is 0.385. The summed E-state index contributed by atoms with van der Waals surface area (Å²) in [6.07, 6.45) is 3.59. The topological polar surface area (TPSA) is 42.1 Å². The van der Waals surface area contributed by atoms with Gasteiger partial charge < -0.3 is 10.6 Å². The minimum atomic E-state index is 0.385. The van der Waals surface area contributed by atoms with Gasteiger partial charge in [-0.05, 0) is 44.8 Å². The maximum atomic E-state index is 5.62. The lowest BCUT2D eigenvalue weighted by Crippen LogP contribution is -2.22. The quantitative estimate of drug-likeness (QED) is 0.776. The van der Waals surface area contributed by atoms with E-state index in [1.807, 2.05) is 5.51 Å². The molecular formula is C13H25N3S. The van der Waals surface area contributed by atoms with Crippen molar-refractivity contribution in [1.29, 1.82) is 0 Å². The molecule has 0 spiro atoms. The number of rotatable bonds is 8. The molecule has 1 aromatic rings. The summed E-state index contributed by atoms with van der Waals surface area (Å²) in [6.45, 7) is 7.49. The Balaban J connectivity index is 2.18. The zero-order chi connectivity index (χ0) is 12.7. The highest BCUT2D eigenvalue weighted by Gasteiger charge is 2.16. The molecule has 1 heterocycles. The molecule has 17 heavy (non-hydrogen) atoms. The average molecular weight is 255 g/mol. The summed E-state index contributed by atoms with van der Waals surface area (Å²) in [5.74, 6) is 0. The van der Waals surface area contributed by atoms with Crippen molar-refractivity contribution >= 4 is 11.3 Å². The summed E-state index contributed by atoms with van der Waals surface area (Å²) in [6, 6.07) is 0. The maximum absolute atomic E-state index is 5.62. The molecule has 1 rings (SSSR count). The summed E-state index contributed by atoms with van der Waals surface area (Å²) in [7, 11) is 2.16. The van der Waals surface area contributed by atoms with Crippen LogP contribution in [0.1, 0.15) is 38.8 Å². The van der Waals surface area contributed by atoms with Crippen LogP contribution in [0.3, 0.4) is 0 Å². The largest absolute Gasteiger partial charge is 0.330 e. The molecule has 0 aromatic carbocycles. The van der Waals surface area contributed by atoms with Gasteiger partial charge >= 0.3 is 0 Å². The van der Waals surface area contributed by atoms with E-state index in [0.717, 1.165) is 26.1 Å². The van der Waals surface area contributed by atoms with Gasteiger partial charge in [0, 0.05) is 11.9 Å². The van der Waals surface area contributed by atoms with Crippen LogP contribution in [0.25, 0.3) is 0 Å². The van der Waals surface area contributed by atoms with Crippen LogP contribution in [0, 0.1) is 5.41 Å². The van der Waals surface area contributed by atoms with E-state index in [0.29, 0.717) is 5.41 Å². The molecule has 3 nitrogen and oxygen atoms in total. The standard InChI is InChI=1S/C13H25N3S/c1-13(2,6-7-14)5-4-8-16(3)9-12-10-17-11-15-12/h10-11H,4-9,14H2,1-3H3. The number of hydrogen-bond donors (Lipinski definition) is 1. The van der Waals surface area contributed by atoms with Crippen molar-refractivity contribution in [3.63, 3.8) is 0 Å². The van der Waals surface area contributed by atoms with Crippen molar-refractivity contribution in [2.75, 3.05) is 20.1 Å². The zero-order valence-corrected chi connectivity index (χ0v) is 12.1. The van der Waals surface area contributed by atoms with E-state index in [9.17, 15) is 0 Å². The first-order valence-corrected chi connectivity index (χ1v) is 7.23. The van der Waals surface area contributed by atoms with E-state index in [4.69, 9.17) is 5.73 Å². The monoisotopic (exact) mass is 255 g/mol. The van der Waals surface area contributed by atoms with Gasteiger partial charge in [-0.2, -0.15) is 0 Å². The van der Waals surface area contributed by atoms with Gasteiger partial charge in [-0.1, -0.05) is 13.8 Å². The zero-order valence-electron chi connectivity index (χ0n) is 11.3. The Morgan fingerprint density at radius 1 is 1.41 bits per heavy atom. The Morgan fingerprint density at radius 2 is 2.18 bits per heavy atom. The van der Waals surface area contributed by atoms with Crippen molar-refractivity contribution in [3.05, 3.63) is 16.6 Å². The lowest BCUT2D eigenvalue weighted by Gasteiger charge is -2.25. The van der Waals surface area contributed by atoms with Crippen molar-refractivity contribution in [1.82, 2.24) is 9.88 Å². The van der Waals surface area contributed by atoms with Crippen molar-refractivity contribution in [2.24, 2.45) is 11.1 Å². The molecular weight excluding hydrogens is 230 g/mol. The summed E-state index contributed by atoms with van der Waals surface area (Å²) < 4.78 is 0. The molecule has 0 amide bonds. The Hall–Kier alpha value is -0.450. The number of aromatic nitrogens is 1. The molecule has 98 valence electrons. The third-order valence-corrected chi connectivity index (χ3v) is 3.77. The lowest BCUT2D eigenvalue weighted by atomic mass is 9.84. The first kappa shape index (κ1) is 14.6. The van der Waals surface area contributed by atoms with Crippen molar-refractivity contribution in [2.45, 2.75) is 39.7 Å². The summed E-state index contributed by atoms with van der Waals surface area (Å²) in [5, 5.41) is 2.12. The van der Waals surface area contributed by atoms with Crippen LogP contribution >= 0.6 is 11.3 Å². The van der Waals surface area contributed by atoms with Crippen LogP contribution in [0.5, 0.6) is 0 Å². The van der Waals surface area contributed by atoms with Crippen LogP contribution in [0.2, 0.25) is 0 Å². The fourth-order valence-electron chi connectivity index (χ4n) is 2.01. The first-order chi connectivity index (χ1) is 8.03. The SMILES string of the molecule is CN(CCCC(C)(C)CCN)Cc1cscn1. The molecule has 0 radical (unpaired) electrons. The van der Waals surface area contributed by atoms with Gasteiger partial charge in [0.25, 0.3) is 0 Å². The second-order valence-electron chi connectivity index (χ2n) is 5.52. The number of hydrogen-bond acceptors (Lipinski definition) is 4. The Labute approximate surface area is 109 Å². The fourth-order valence-corrected chi connectivity index (χ4v) is 2.56. The Kier molecular flexibility index (Phi) is 6.09. The molecule has 2 N–H and O–H groups in total. The lowest BCUT2D eigenvalue weighted by molar-refractivity contribution is 0.258. The highest BCUT2D eigenvalue weighted by Crippen LogP contribution is 2.25.